The Morgan fingerprint density at radius 3 is 1.48 bits per heavy atom. The van der Waals surface area contributed by atoms with Crippen molar-refractivity contribution in [2.24, 2.45) is 0 Å². The summed E-state index contributed by atoms with van der Waals surface area (Å²) in [6.07, 6.45) is 1.85. The zero-order chi connectivity index (χ0) is 22.8. The minimum absolute atomic E-state index is 0.724. The van der Waals surface area contributed by atoms with Gasteiger partial charge in [0, 0.05) is 0 Å². The molecule has 0 aliphatic heterocycles. The summed E-state index contributed by atoms with van der Waals surface area (Å²) in [5.41, 5.74) is 2.16. The van der Waals surface area contributed by atoms with Gasteiger partial charge < -0.3 is 0 Å². The van der Waals surface area contributed by atoms with Crippen LogP contribution < -0.4 is 13.6 Å². The van der Waals surface area contributed by atoms with E-state index in [4.69, 9.17) is 39.8 Å². The minimum atomic E-state index is -3.83. The molecule has 0 fully saturated rings. The topological polar surface area (TPSA) is 12.9 Å². The van der Waals surface area contributed by atoms with Gasteiger partial charge in [-0.05, 0) is 0 Å². The Balaban J connectivity index is 1.91. The molecule has 5 aromatic rings. The molecule has 2 heterocycles. The third kappa shape index (κ3) is 4.35. The van der Waals surface area contributed by atoms with Gasteiger partial charge in [0.25, 0.3) is 0 Å². The molecule has 2 aromatic heterocycles. The zero-order valence-corrected chi connectivity index (χ0v) is 23.3. The number of halogens is 3. The molecule has 0 spiro atoms. The average molecular weight is 614 g/mol. The van der Waals surface area contributed by atoms with E-state index in [0.29, 0.717) is 0 Å². The van der Waals surface area contributed by atoms with E-state index >= 15 is 0 Å². The van der Waals surface area contributed by atoms with Gasteiger partial charge in [-0.25, -0.2) is 0 Å². The van der Waals surface area contributed by atoms with Gasteiger partial charge in [-0.15, -0.1) is 0 Å². The molecule has 5 rings (SSSR count). The fourth-order valence-electron chi connectivity index (χ4n) is 4.32. The summed E-state index contributed by atoms with van der Waals surface area (Å²) in [6.45, 7) is 0. The number of rotatable bonds is 5. The van der Waals surface area contributed by atoms with Gasteiger partial charge in [-0.1, -0.05) is 0 Å². The maximum absolute atomic E-state index is 6.33. The van der Waals surface area contributed by atoms with Gasteiger partial charge in [-0.2, -0.15) is 0 Å². The first-order valence-corrected chi connectivity index (χ1v) is 18.1. The molecule has 33 heavy (non-hydrogen) atoms. The predicted octanol–water partition coefficient (Wildman–Crippen LogP) is 6.15. The average Bonchev–Trinajstić information content (AvgIpc) is 3.33. The van der Waals surface area contributed by atoms with Gasteiger partial charge in [0.1, 0.15) is 0 Å². The van der Waals surface area contributed by atoms with E-state index in [1.54, 1.807) is 11.3 Å². The zero-order valence-electron chi connectivity index (χ0n) is 17.4. The van der Waals surface area contributed by atoms with Gasteiger partial charge in [-0.3, -0.25) is 0 Å². The van der Waals surface area contributed by atoms with Crippen molar-refractivity contribution >= 4 is 78.1 Å². The van der Waals surface area contributed by atoms with Crippen LogP contribution in [0.25, 0.3) is 11.3 Å². The van der Waals surface area contributed by atoms with Crippen LogP contribution in [0.4, 0.5) is 0 Å². The maximum atomic E-state index is 6.33. The molecule has 0 radical (unpaired) electrons. The fraction of sp³-hybridized carbons (Fsp3) is 0. The summed E-state index contributed by atoms with van der Waals surface area (Å²) >= 11 is 17.0. The Labute approximate surface area is 216 Å². The van der Waals surface area contributed by atoms with Crippen LogP contribution in [0.5, 0.6) is 0 Å². The number of hydrogen-bond donors (Lipinski definition) is 0. The van der Waals surface area contributed by atoms with Gasteiger partial charge >= 0.3 is 218 Å². The van der Waals surface area contributed by atoms with Crippen LogP contribution in [0.15, 0.2) is 109 Å². The van der Waals surface area contributed by atoms with Crippen LogP contribution in [-0.2, 0) is 0 Å². The van der Waals surface area contributed by atoms with Crippen molar-refractivity contribution in [2.75, 3.05) is 0 Å². The molecule has 0 saturated heterocycles. The predicted molar refractivity (Wildman–Crippen MR) is 146 cm³/mol. The van der Waals surface area contributed by atoms with Crippen molar-refractivity contribution in [1.29, 1.82) is 0 Å². The number of pyridine rings is 1. The summed E-state index contributed by atoms with van der Waals surface area (Å²) < 4.78 is 5.28. The first kappa shape index (κ1) is 22.9. The van der Waals surface area contributed by atoms with E-state index in [1.165, 1.54) is 19.2 Å². The molecule has 6 heteroatoms. The Morgan fingerprint density at radius 2 is 1.06 bits per heavy atom. The van der Waals surface area contributed by atoms with Crippen molar-refractivity contribution in [3.8, 4) is 11.3 Å². The van der Waals surface area contributed by atoms with Gasteiger partial charge in [0.15, 0.2) is 0 Å². The number of nitrogens with zero attached hydrogens (tertiary/aromatic N) is 1. The SMILES string of the molecule is Clc1cc[c]([Sn]([c]2ccc(Cl)cc2)([c]2ccc(Cl)cc2)[c]2sccc2-c2ccccn2)cc1. The summed E-state index contributed by atoms with van der Waals surface area (Å²) in [4.78, 5) is 4.70. The molecule has 0 bridgehead atoms. The molecule has 0 amide bonds. The third-order valence-electron chi connectivity index (χ3n) is 5.78. The molecule has 0 N–H and O–H groups in total. The van der Waals surface area contributed by atoms with Crippen LogP contribution in [0.1, 0.15) is 0 Å². The third-order valence-corrected chi connectivity index (χ3v) is 23.3. The van der Waals surface area contributed by atoms with Crippen LogP contribution in [0.3, 0.4) is 0 Å². The van der Waals surface area contributed by atoms with Crippen molar-refractivity contribution in [1.82, 2.24) is 4.98 Å². The first-order valence-electron chi connectivity index (χ1n) is 10.4. The molecule has 0 saturated carbocycles. The van der Waals surface area contributed by atoms with Gasteiger partial charge in [0.05, 0.1) is 0 Å². The second-order valence-corrected chi connectivity index (χ2v) is 21.6. The van der Waals surface area contributed by atoms with E-state index in [1.807, 2.05) is 54.7 Å². The summed E-state index contributed by atoms with van der Waals surface area (Å²) in [6, 6.07) is 33.3. The van der Waals surface area contributed by atoms with Crippen molar-refractivity contribution in [3.05, 3.63) is 124 Å². The Hall–Kier alpha value is -1.82. The second-order valence-electron chi connectivity index (χ2n) is 7.65. The van der Waals surface area contributed by atoms with Crippen LogP contribution in [0, 0.1) is 0 Å². The molecule has 0 unspecified atom stereocenters. The summed E-state index contributed by atoms with van der Waals surface area (Å²) in [5.74, 6) is 0. The number of aromatic nitrogens is 1. The van der Waals surface area contributed by atoms with Crippen molar-refractivity contribution in [2.45, 2.75) is 0 Å². The summed E-state index contributed by atoms with van der Waals surface area (Å²) in [7, 11) is 0. The molecule has 0 aliphatic carbocycles. The van der Waals surface area contributed by atoms with E-state index in [0.717, 1.165) is 20.8 Å². The van der Waals surface area contributed by atoms with Crippen molar-refractivity contribution in [3.63, 3.8) is 0 Å². The number of benzene rings is 3. The standard InChI is InChI=1S/C9H6NS.3C6H4Cl.Sn/c1-2-5-10-9(3-1)8-4-6-11-7-8;3*7-6-4-2-1-3-5-6;/h1-6H;3*2-5H;. The van der Waals surface area contributed by atoms with Crippen LogP contribution in [-0.4, -0.2) is 23.4 Å². The Bertz CT molecular complexity index is 1260. The van der Waals surface area contributed by atoms with Crippen molar-refractivity contribution < 1.29 is 0 Å². The number of thiophene rings is 1. The normalized spacial score (nSPS) is 11.5. The monoisotopic (exact) mass is 613 g/mol. The quantitative estimate of drug-likeness (QED) is 0.217. The van der Waals surface area contributed by atoms with Crippen LogP contribution >= 0.6 is 46.1 Å². The molecule has 0 aliphatic rings. The van der Waals surface area contributed by atoms with E-state index in [2.05, 4.69) is 53.9 Å². The molecule has 162 valence electrons. The van der Waals surface area contributed by atoms with Gasteiger partial charge in [0.2, 0.25) is 0 Å². The Kier molecular flexibility index (Phi) is 6.82. The molecular weight excluding hydrogens is 595 g/mol. The molecule has 1 nitrogen and oxygen atoms in total. The molecular formula is C27H18Cl3NSSn. The summed E-state index contributed by atoms with van der Waals surface area (Å²) in [5, 5.41) is 4.35. The van der Waals surface area contributed by atoms with Crippen LogP contribution in [0.2, 0.25) is 15.1 Å². The first-order chi connectivity index (χ1) is 16.1. The van der Waals surface area contributed by atoms with E-state index in [-0.39, 0.29) is 0 Å². The fourth-order valence-corrected chi connectivity index (χ4v) is 22.5. The Morgan fingerprint density at radius 1 is 0.576 bits per heavy atom. The molecule has 3 aromatic carbocycles. The second kappa shape index (κ2) is 9.81. The molecule has 0 atom stereocenters. The number of hydrogen-bond acceptors (Lipinski definition) is 2. The van der Waals surface area contributed by atoms with E-state index in [9.17, 15) is 0 Å². The van der Waals surface area contributed by atoms with E-state index < -0.39 is 18.4 Å².